The van der Waals surface area contributed by atoms with Crippen molar-refractivity contribution in [3.05, 3.63) is 40.7 Å². The number of benzene rings is 1. The lowest BCUT2D eigenvalue weighted by Crippen LogP contribution is -2.56. The minimum absolute atomic E-state index is 0.246. The third-order valence-electron chi connectivity index (χ3n) is 6.12. The van der Waals surface area contributed by atoms with E-state index in [-0.39, 0.29) is 11.9 Å². The zero-order chi connectivity index (χ0) is 21.0. The third kappa shape index (κ3) is 2.82. The third-order valence-corrected chi connectivity index (χ3v) is 6.12. The van der Waals surface area contributed by atoms with Crippen molar-refractivity contribution in [2.45, 2.75) is 40.3 Å². The lowest BCUT2D eigenvalue weighted by atomic mass is 10.1. The van der Waals surface area contributed by atoms with Gasteiger partial charge in [0.05, 0.1) is 6.54 Å². The number of nitrogens with zero attached hydrogens (tertiary/aromatic N) is 5. The van der Waals surface area contributed by atoms with E-state index in [4.69, 9.17) is 4.99 Å². The molecule has 3 heterocycles. The maximum absolute atomic E-state index is 12.8. The summed E-state index contributed by atoms with van der Waals surface area (Å²) in [5.74, 6) is 0.960. The molecule has 8 heteroatoms. The van der Waals surface area contributed by atoms with Gasteiger partial charge in [-0.05, 0) is 51.0 Å². The number of nitrogens with one attached hydrogen (secondary N) is 1. The van der Waals surface area contributed by atoms with Crippen LogP contribution in [0.2, 0.25) is 0 Å². The second-order valence-electron chi connectivity index (χ2n) is 7.83. The van der Waals surface area contributed by atoms with E-state index in [0.29, 0.717) is 18.3 Å². The number of aryl methyl sites for hydroxylation is 2. The molecule has 4 rings (SSSR count). The number of imide groups is 1. The van der Waals surface area contributed by atoms with Crippen LogP contribution in [-0.2, 0) is 11.3 Å². The first-order valence-electron chi connectivity index (χ1n) is 9.78. The number of anilines is 1. The number of hydrogen-bond donors (Lipinski definition) is 1. The highest BCUT2D eigenvalue weighted by Gasteiger charge is 2.53. The second-order valence-corrected chi connectivity index (χ2v) is 7.83. The number of rotatable bonds is 4. The Balaban J connectivity index is 1.62. The van der Waals surface area contributed by atoms with Gasteiger partial charge in [0.1, 0.15) is 11.4 Å². The summed E-state index contributed by atoms with van der Waals surface area (Å²) in [5, 5.41) is 3.46. The monoisotopic (exact) mass is 395 g/mol. The SMILES string of the molecule is Cc1ccc(NCC[n+]2c(C)c(C)n3c2N=C2C3C(=O)N(C)C(=O)N2C)cc1C. The molecule has 8 nitrogen and oxygen atoms in total. The van der Waals surface area contributed by atoms with Crippen LogP contribution in [0.5, 0.6) is 0 Å². The van der Waals surface area contributed by atoms with Gasteiger partial charge in [-0.15, -0.1) is 0 Å². The molecule has 1 atom stereocenters. The molecule has 2 aliphatic heterocycles. The van der Waals surface area contributed by atoms with Crippen LogP contribution in [0, 0.1) is 27.7 Å². The second kappa shape index (κ2) is 6.72. The first kappa shape index (κ1) is 19.2. The highest BCUT2D eigenvalue weighted by Crippen LogP contribution is 2.34. The van der Waals surface area contributed by atoms with Crippen molar-refractivity contribution in [2.75, 3.05) is 26.0 Å². The van der Waals surface area contributed by atoms with Crippen LogP contribution in [0.4, 0.5) is 16.4 Å². The van der Waals surface area contributed by atoms with E-state index in [0.717, 1.165) is 23.6 Å². The van der Waals surface area contributed by atoms with Crippen molar-refractivity contribution in [1.29, 1.82) is 0 Å². The van der Waals surface area contributed by atoms with E-state index in [2.05, 4.69) is 41.9 Å². The number of carbonyl (C=O) groups excluding carboxylic acids is 2. The molecular formula is C21H27N6O2+. The van der Waals surface area contributed by atoms with E-state index in [1.807, 2.05) is 18.4 Å². The average Bonchev–Trinajstić information content (AvgIpc) is 3.19. The maximum Gasteiger partial charge on any atom is 0.402 e. The highest BCUT2D eigenvalue weighted by atomic mass is 16.2. The molecule has 29 heavy (non-hydrogen) atoms. The Morgan fingerprint density at radius 2 is 1.79 bits per heavy atom. The number of amidine groups is 1. The van der Waals surface area contributed by atoms with Crippen LogP contribution in [0.3, 0.4) is 0 Å². The normalized spacial score (nSPS) is 18.1. The Morgan fingerprint density at radius 3 is 2.48 bits per heavy atom. The topological polar surface area (TPSA) is 73.8 Å². The van der Waals surface area contributed by atoms with Crippen LogP contribution in [-0.4, -0.2) is 52.8 Å². The molecule has 0 bridgehead atoms. The molecular weight excluding hydrogens is 368 g/mol. The number of likely N-dealkylation sites (N-methyl/N-ethyl adjacent to an activating group) is 2. The van der Waals surface area contributed by atoms with Gasteiger partial charge < -0.3 is 5.32 Å². The van der Waals surface area contributed by atoms with Gasteiger partial charge in [0, 0.05) is 26.3 Å². The van der Waals surface area contributed by atoms with Gasteiger partial charge in [0.25, 0.3) is 5.91 Å². The molecule has 3 amide bonds. The zero-order valence-electron chi connectivity index (χ0n) is 17.8. The molecule has 0 saturated carbocycles. The Morgan fingerprint density at radius 1 is 1.07 bits per heavy atom. The lowest BCUT2D eigenvalue weighted by Gasteiger charge is -2.30. The smallest absolute Gasteiger partial charge is 0.382 e. The Bertz CT molecular complexity index is 1070. The number of hydrogen-bond acceptors (Lipinski definition) is 4. The number of aromatic nitrogens is 2. The van der Waals surface area contributed by atoms with Gasteiger partial charge in [-0.2, -0.15) is 0 Å². The summed E-state index contributed by atoms with van der Waals surface area (Å²) in [4.78, 5) is 32.4. The van der Waals surface area contributed by atoms with Gasteiger partial charge in [0.2, 0.25) is 11.9 Å². The summed E-state index contributed by atoms with van der Waals surface area (Å²) < 4.78 is 4.06. The average molecular weight is 395 g/mol. The maximum atomic E-state index is 12.8. The number of aliphatic imine (C=N–C) groups is 1. The van der Waals surface area contributed by atoms with Crippen LogP contribution in [0.25, 0.3) is 0 Å². The predicted molar refractivity (Wildman–Crippen MR) is 111 cm³/mol. The van der Waals surface area contributed by atoms with Gasteiger partial charge >= 0.3 is 12.0 Å². The first-order chi connectivity index (χ1) is 13.7. The van der Waals surface area contributed by atoms with E-state index in [1.165, 1.54) is 28.0 Å². The van der Waals surface area contributed by atoms with Gasteiger partial charge in [-0.1, -0.05) is 11.1 Å². The molecule has 1 saturated heterocycles. The summed E-state index contributed by atoms with van der Waals surface area (Å²) >= 11 is 0. The molecule has 0 spiro atoms. The number of urea groups is 1. The Kier molecular flexibility index (Phi) is 4.44. The largest absolute Gasteiger partial charge is 0.402 e. The molecule has 2 aliphatic rings. The number of amides is 3. The number of fused-ring (bicyclic) bond motifs is 3. The summed E-state index contributed by atoms with van der Waals surface area (Å²) in [6.45, 7) is 9.67. The molecule has 1 fully saturated rings. The van der Waals surface area contributed by atoms with E-state index >= 15 is 0 Å². The van der Waals surface area contributed by atoms with Crippen LogP contribution < -0.4 is 9.88 Å². The van der Waals surface area contributed by atoms with Gasteiger partial charge in [-0.3, -0.25) is 14.6 Å². The highest BCUT2D eigenvalue weighted by molar-refractivity contribution is 6.20. The zero-order valence-corrected chi connectivity index (χ0v) is 17.8. The Hall–Kier alpha value is -3.16. The minimum atomic E-state index is -0.578. The van der Waals surface area contributed by atoms with Crippen molar-refractivity contribution in [1.82, 2.24) is 14.4 Å². The van der Waals surface area contributed by atoms with Gasteiger partial charge in [-0.25, -0.2) is 13.9 Å². The quantitative estimate of drug-likeness (QED) is 0.807. The molecule has 1 aromatic carbocycles. The van der Waals surface area contributed by atoms with Crippen LogP contribution in [0.1, 0.15) is 28.6 Å². The van der Waals surface area contributed by atoms with Crippen LogP contribution >= 0.6 is 0 Å². The van der Waals surface area contributed by atoms with E-state index in [1.54, 1.807) is 7.05 Å². The lowest BCUT2D eigenvalue weighted by molar-refractivity contribution is -0.686. The predicted octanol–water partition coefficient (Wildman–Crippen LogP) is 2.23. The fraction of sp³-hybridized carbons (Fsp3) is 0.429. The van der Waals surface area contributed by atoms with E-state index < -0.39 is 6.04 Å². The molecule has 1 aromatic heterocycles. The molecule has 0 radical (unpaired) electrons. The molecule has 2 aromatic rings. The standard InChI is InChI=1S/C21H27N6O2/c1-12-7-8-16(11-13(12)2)22-9-10-26-14(3)15(4)27-17-18(23-20(26)27)24(5)21(29)25(6)19(17)28/h7-8,11,17,22H,9-10H2,1-6H3/q+1. The summed E-state index contributed by atoms with van der Waals surface area (Å²) in [5.41, 5.74) is 5.67. The number of imidazole rings is 1. The fourth-order valence-electron chi connectivity index (χ4n) is 4.01. The van der Waals surface area contributed by atoms with Crippen molar-refractivity contribution in [2.24, 2.45) is 4.99 Å². The van der Waals surface area contributed by atoms with Crippen molar-refractivity contribution < 1.29 is 14.2 Å². The summed E-state index contributed by atoms with van der Waals surface area (Å²) in [7, 11) is 3.18. The summed E-state index contributed by atoms with van der Waals surface area (Å²) in [6, 6.07) is 5.41. The first-order valence-corrected chi connectivity index (χ1v) is 9.78. The van der Waals surface area contributed by atoms with Crippen molar-refractivity contribution >= 4 is 29.4 Å². The molecule has 1 N–H and O–H groups in total. The fourth-order valence-corrected chi connectivity index (χ4v) is 4.01. The Labute approximate surface area is 170 Å². The molecule has 152 valence electrons. The van der Waals surface area contributed by atoms with E-state index in [9.17, 15) is 9.59 Å². The van der Waals surface area contributed by atoms with Crippen molar-refractivity contribution in [3.63, 3.8) is 0 Å². The molecule has 0 aliphatic carbocycles. The van der Waals surface area contributed by atoms with Crippen molar-refractivity contribution in [3.8, 4) is 0 Å². The van der Waals surface area contributed by atoms with Gasteiger partial charge in [0.15, 0.2) is 0 Å². The van der Waals surface area contributed by atoms with Crippen LogP contribution in [0.15, 0.2) is 23.2 Å². The minimum Gasteiger partial charge on any atom is -0.382 e. The summed E-state index contributed by atoms with van der Waals surface area (Å²) in [6.07, 6.45) is 0. The number of carbonyl (C=O) groups is 2. The molecule has 1 unspecified atom stereocenters.